The van der Waals surface area contributed by atoms with E-state index in [0.717, 1.165) is 31.6 Å². The predicted octanol–water partition coefficient (Wildman–Crippen LogP) is 3.50. The van der Waals surface area contributed by atoms with Crippen LogP contribution in [0.1, 0.15) is 69.3 Å². The minimum Gasteiger partial charge on any atom is -0.382 e. The van der Waals surface area contributed by atoms with Gasteiger partial charge in [-0.05, 0) is 68.1 Å². The highest BCUT2D eigenvalue weighted by Crippen LogP contribution is 2.33. The number of hydrogen-bond acceptors (Lipinski definition) is 3. The van der Waals surface area contributed by atoms with E-state index < -0.39 is 6.04 Å². The number of urea groups is 1. The van der Waals surface area contributed by atoms with Gasteiger partial charge in [0.05, 0.1) is 0 Å². The van der Waals surface area contributed by atoms with Gasteiger partial charge in [0.1, 0.15) is 6.04 Å². The largest absolute Gasteiger partial charge is 0.382 e. The van der Waals surface area contributed by atoms with Gasteiger partial charge in [0, 0.05) is 24.8 Å². The molecule has 158 valence electrons. The van der Waals surface area contributed by atoms with Gasteiger partial charge in [-0.1, -0.05) is 31.4 Å². The second kappa shape index (κ2) is 9.51. The molecule has 29 heavy (non-hydrogen) atoms. The molecule has 1 saturated heterocycles. The Balaban J connectivity index is 1.17. The minimum absolute atomic E-state index is 0.0818. The molecule has 1 atom stereocenters. The summed E-state index contributed by atoms with van der Waals surface area (Å²) in [4.78, 5) is 23.2. The average molecular weight is 399 g/mol. The molecular formula is C23H34N4O2. The molecule has 6 heteroatoms. The predicted molar refractivity (Wildman–Crippen MR) is 115 cm³/mol. The van der Waals surface area contributed by atoms with Gasteiger partial charge in [-0.15, -0.1) is 0 Å². The van der Waals surface area contributed by atoms with Crippen LogP contribution in [0.25, 0.3) is 0 Å². The SMILES string of the molecule is O=C1NC[C@H](C(=O)NCC2CCC(Nc3ccc(C4CCCCC4)cc3)CC2)N1. The Morgan fingerprint density at radius 3 is 2.34 bits per heavy atom. The van der Waals surface area contributed by atoms with E-state index in [4.69, 9.17) is 0 Å². The van der Waals surface area contributed by atoms with Crippen molar-refractivity contribution in [2.45, 2.75) is 75.8 Å². The molecule has 2 aliphatic carbocycles. The molecule has 0 spiro atoms. The maximum atomic E-state index is 12.1. The first-order valence-corrected chi connectivity index (χ1v) is 11.4. The summed E-state index contributed by atoms with van der Waals surface area (Å²) in [6, 6.07) is 8.95. The number of carbonyl (C=O) groups is 2. The zero-order chi connectivity index (χ0) is 20.1. The molecule has 4 N–H and O–H groups in total. The van der Waals surface area contributed by atoms with Gasteiger partial charge in [0.15, 0.2) is 0 Å². The van der Waals surface area contributed by atoms with Gasteiger partial charge in [-0.2, -0.15) is 0 Å². The number of benzene rings is 1. The van der Waals surface area contributed by atoms with Crippen LogP contribution in [0.3, 0.4) is 0 Å². The second-order valence-electron chi connectivity index (χ2n) is 8.97. The smallest absolute Gasteiger partial charge is 0.315 e. The molecule has 0 aromatic heterocycles. The van der Waals surface area contributed by atoms with E-state index in [1.165, 1.54) is 43.4 Å². The van der Waals surface area contributed by atoms with Gasteiger partial charge < -0.3 is 21.3 Å². The van der Waals surface area contributed by atoms with Crippen LogP contribution in [0.15, 0.2) is 24.3 Å². The Labute approximate surface area is 173 Å². The van der Waals surface area contributed by atoms with Gasteiger partial charge in [0.2, 0.25) is 5.91 Å². The highest BCUT2D eigenvalue weighted by Gasteiger charge is 2.28. The van der Waals surface area contributed by atoms with E-state index in [1.807, 2.05) is 0 Å². The Bertz CT molecular complexity index is 691. The van der Waals surface area contributed by atoms with Crippen molar-refractivity contribution in [2.24, 2.45) is 5.92 Å². The summed E-state index contributed by atoms with van der Waals surface area (Å²) >= 11 is 0. The summed E-state index contributed by atoms with van der Waals surface area (Å²) in [7, 11) is 0. The van der Waals surface area contributed by atoms with Crippen molar-refractivity contribution in [2.75, 3.05) is 18.4 Å². The maximum Gasteiger partial charge on any atom is 0.315 e. The molecule has 2 saturated carbocycles. The third-order valence-electron chi connectivity index (χ3n) is 6.86. The van der Waals surface area contributed by atoms with Crippen molar-refractivity contribution in [1.82, 2.24) is 16.0 Å². The van der Waals surface area contributed by atoms with Crippen molar-refractivity contribution >= 4 is 17.6 Å². The standard InChI is InChI=1S/C23H34N4O2/c28-22(21-15-25-23(29)27-21)24-14-16-6-10-19(11-7-16)26-20-12-8-18(9-13-20)17-4-2-1-3-5-17/h8-9,12-13,16-17,19,21,26H,1-7,10-11,14-15H2,(H,24,28)(H2,25,27,29)/t16?,19?,21-/m1/s1. The Morgan fingerprint density at radius 2 is 1.69 bits per heavy atom. The normalized spacial score (nSPS) is 27.7. The third-order valence-corrected chi connectivity index (χ3v) is 6.86. The summed E-state index contributed by atoms with van der Waals surface area (Å²) in [6.07, 6.45) is 11.3. The molecule has 3 amide bonds. The molecule has 1 aromatic carbocycles. The number of rotatable bonds is 6. The first kappa shape index (κ1) is 20.0. The van der Waals surface area contributed by atoms with Gasteiger partial charge >= 0.3 is 6.03 Å². The fourth-order valence-corrected chi connectivity index (χ4v) is 5.02. The summed E-state index contributed by atoms with van der Waals surface area (Å²) < 4.78 is 0. The molecule has 1 heterocycles. The lowest BCUT2D eigenvalue weighted by molar-refractivity contribution is -0.122. The molecule has 0 unspecified atom stereocenters. The number of amides is 3. The summed E-state index contributed by atoms with van der Waals surface area (Å²) in [5, 5.41) is 12.0. The number of anilines is 1. The Kier molecular flexibility index (Phi) is 6.57. The lowest BCUT2D eigenvalue weighted by atomic mass is 9.84. The van der Waals surface area contributed by atoms with Gasteiger partial charge in [0.25, 0.3) is 0 Å². The van der Waals surface area contributed by atoms with E-state index in [0.29, 0.717) is 25.0 Å². The first-order valence-electron chi connectivity index (χ1n) is 11.4. The molecule has 0 bridgehead atoms. The number of nitrogens with one attached hydrogen (secondary N) is 4. The molecule has 1 aromatic rings. The van der Waals surface area contributed by atoms with Crippen LogP contribution in [0.2, 0.25) is 0 Å². The lowest BCUT2D eigenvalue weighted by Crippen LogP contribution is -2.45. The van der Waals surface area contributed by atoms with Crippen LogP contribution in [-0.4, -0.2) is 37.1 Å². The fraction of sp³-hybridized carbons (Fsp3) is 0.652. The van der Waals surface area contributed by atoms with Crippen molar-refractivity contribution in [3.63, 3.8) is 0 Å². The Morgan fingerprint density at radius 1 is 0.966 bits per heavy atom. The zero-order valence-electron chi connectivity index (χ0n) is 17.2. The molecule has 4 rings (SSSR count). The van der Waals surface area contributed by atoms with E-state index in [-0.39, 0.29) is 11.9 Å². The molecule has 0 radical (unpaired) electrons. The summed E-state index contributed by atoms with van der Waals surface area (Å²) in [6.45, 7) is 1.08. The zero-order valence-corrected chi connectivity index (χ0v) is 17.2. The van der Waals surface area contributed by atoms with Crippen LogP contribution < -0.4 is 21.3 Å². The average Bonchev–Trinajstić information content (AvgIpc) is 3.21. The summed E-state index contributed by atoms with van der Waals surface area (Å²) in [5.41, 5.74) is 2.73. The topological polar surface area (TPSA) is 82.3 Å². The number of carbonyl (C=O) groups excluding carboxylic acids is 2. The molecule has 1 aliphatic heterocycles. The molecule has 3 aliphatic rings. The van der Waals surface area contributed by atoms with Crippen LogP contribution >= 0.6 is 0 Å². The van der Waals surface area contributed by atoms with E-state index >= 15 is 0 Å². The van der Waals surface area contributed by atoms with Crippen LogP contribution in [0.4, 0.5) is 10.5 Å². The van der Waals surface area contributed by atoms with E-state index in [2.05, 4.69) is 45.5 Å². The Hall–Kier alpha value is -2.24. The van der Waals surface area contributed by atoms with Gasteiger partial charge in [-0.25, -0.2) is 4.79 Å². The summed E-state index contributed by atoms with van der Waals surface area (Å²) in [5.74, 6) is 1.20. The first-order chi connectivity index (χ1) is 14.2. The van der Waals surface area contributed by atoms with Crippen LogP contribution in [0, 0.1) is 5.92 Å². The maximum absolute atomic E-state index is 12.1. The molecule has 3 fully saturated rings. The monoisotopic (exact) mass is 398 g/mol. The minimum atomic E-state index is -0.433. The number of hydrogen-bond donors (Lipinski definition) is 4. The highest BCUT2D eigenvalue weighted by atomic mass is 16.2. The van der Waals surface area contributed by atoms with Crippen molar-refractivity contribution in [3.05, 3.63) is 29.8 Å². The van der Waals surface area contributed by atoms with Crippen molar-refractivity contribution < 1.29 is 9.59 Å². The third kappa shape index (κ3) is 5.43. The second-order valence-corrected chi connectivity index (χ2v) is 8.97. The van der Waals surface area contributed by atoms with Crippen molar-refractivity contribution in [1.29, 1.82) is 0 Å². The highest BCUT2D eigenvalue weighted by molar-refractivity contribution is 5.90. The lowest BCUT2D eigenvalue weighted by Gasteiger charge is -2.30. The quantitative estimate of drug-likeness (QED) is 0.592. The van der Waals surface area contributed by atoms with E-state index in [9.17, 15) is 9.59 Å². The van der Waals surface area contributed by atoms with Gasteiger partial charge in [-0.3, -0.25) is 4.79 Å². The van der Waals surface area contributed by atoms with Crippen LogP contribution in [0.5, 0.6) is 0 Å². The van der Waals surface area contributed by atoms with E-state index in [1.54, 1.807) is 0 Å². The fourth-order valence-electron chi connectivity index (χ4n) is 5.02. The van der Waals surface area contributed by atoms with Crippen molar-refractivity contribution in [3.8, 4) is 0 Å². The molecular weight excluding hydrogens is 364 g/mol. The molecule has 6 nitrogen and oxygen atoms in total. The van der Waals surface area contributed by atoms with Crippen LogP contribution in [-0.2, 0) is 4.79 Å².